The second-order valence-electron chi connectivity index (χ2n) is 4.08. The highest BCUT2D eigenvalue weighted by Crippen LogP contribution is 2.39. The minimum absolute atomic E-state index is 0.112. The molecule has 0 spiro atoms. The Kier molecular flexibility index (Phi) is 3.13. The van der Waals surface area contributed by atoms with Crippen LogP contribution in [0.1, 0.15) is 39.5 Å². The molecule has 1 fully saturated rings. The van der Waals surface area contributed by atoms with Crippen LogP contribution in [0.3, 0.4) is 0 Å². The maximum atomic E-state index is 11.3. The van der Waals surface area contributed by atoms with Crippen molar-refractivity contribution in [2.24, 2.45) is 5.92 Å². The number of rotatable bonds is 5. The zero-order valence-electron chi connectivity index (χ0n) is 8.67. The highest BCUT2D eigenvalue weighted by Gasteiger charge is 2.48. The summed E-state index contributed by atoms with van der Waals surface area (Å²) in [5.74, 6) is -0.977. The molecule has 0 aromatic heterocycles. The van der Waals surface area contributed by atoms with Gasteiger partial charge in [-0.1, -0.05) is 6.92 Å². The van der Waals surface area contributed by atoms with Gasteiger partial charge in [0.2, 0.25) is 5.91 Å². The highest BCUT2D eigenvalue weighted by atomic mass is 16.4. The lowest BCUT2D eigenvalue weighted by molar-refractivity contribution is -0.147. The Morgan fingerprint density at radius 3 is 2.43 bits per heavy atom. The monoisotopic (exact) mass is 199 g/mol. The standard InChI is InChI=1S/C10H17NO3/c1-3-4-8(12)11-10(2,9(13)14)7-5-6-7/h7H,3-6H2,1-2H3,(H,11,12)(H,13,14). The van der Waals surface area contributed by atoms with Crippen LogP contribution in [-0.4, -0.2) is 22.5 Å². The molecular formula is C10H17NO3. The summed E-state index contributed by atoms with van der Waals surface area (Å²) < 4.78 is 0. The normalized spacial score (nSPS) is 19.9. The lowest BCUT2D eigenvalue weighted by Crippen LogP contribution is -2.53. The van der Waals surface area contributed by atoms with E-state index in [1.165, 1.54) is 0 Å². The van der Waals surface area contributed by atoms with Crippen LogP contribution in [-0.2, 0) is 9.59 Å². The van der Waals surface area contributed by atoms with Crippen LogP contribution in [0.15, 0.2) is 0 Å². The van der Waals surface area contributed by atoms with Gasteiger partial charge in [-0.05, 0) is 32.1 Å². The quantitative estimate of drug-likeness (QED) is 0.698. The molecule has 2 N–H and O–H groups in total. The van der Waals surface area contributed by atoms with E-state index in [9.17, 15) is 9.59 Å². The Bertz CT molecular complexity index is 248. The lowest BCUT2D eigenvalue weighted by atomic mass is 9.95. The SMILES string of the molecule is CCCC(=O)NC(C)(C(=O)O)C1CC1. The number of hydrogen-bond acceptors (Lipinski definition) is 2. The first-order valence-corrected chi connectivity index (χ1v) is 5.05. The zero-order valence-corrected chi connectivity index (χ0v) is 8.67. The topological polar surface area (TPSA) is 66.4 Å². The molecule has 0 aliphatic heterocycles. The molecule has 1 amide bonds. The van der Waals surface area contributed by atoms with Crippen molar-refractivity contribution in [2.45, 2.75) is 45.1 Å². The molecule has 0 heterocycles. The molecule has 80 valence electrons. The third-order valence-corrected chi connectivity index (χ3v) is 2.71. The number of carboxylic acid groups (broad SMARTS) is 1. The molecule has 1 saturated carbocycles. The van der Waals surface area contributed by atoms with Crippen LogP contribution in [0.2, 0.25) is 0 Å². The first-order chi connectivity index (χ1) is 6.50. The molecule has 0 bridgehead atoms. The van der Waals surface area contributed by atoms with Gasteiger partial charge < -0.3 is 10.4 Å². The molecular weight excluding hydrogens is 182 g/mol. The third kappa shape index (κ3) is 2.25. The highest BCUT2D eigenvalue weighted by molar-refractivity contribution is 5.87. The molecule has 14 heavy (non-hydrogen) atoms. The molecule has 0 aromatic rings. The minimum atomic E-state index is -1.05. The van der Waals surface area contributed by atoms with Crippen molar-refractivity contribution in [3.05, 3.63) is 0 Å². The van der Waals surface area contributed by atoms with E-state index in [1.54, 1.807) is 6.92 Å². The van der Waals surface area contributed by atoms with Crippen molar-refractivity contribution in [1.29, 1.82) is 0 Å². The summed E-state index contributed by atoms with van der Waals surface area (Å²) >= 11 is 0. The number of amides is 1. The van der Waals surface area contributed by atoms with Gasteiger partial charge in [-0.2, -0.15) is 0 Å². The van der Waals surface area contributed by atoms with Gasteiger partial charge in [0.25, 0.3) is 0 Å². The summed E-state index contributed by atoms with van der Waals surface area (Å²) in [6.07, 6.45) is 2.94. The number of nitrogens with one attached hydrogen (secondary N) is 1. The van der Waals surface area contributed by atoms with Crippen LogP contribution >= 0.6 is 0 Å². The van der Waals surface area contributed by atoms with Gasteiger partial charge >= 0.3 is 5.97 Å². The molecule has 1 atom stereocenters. The number of carbonyl (C=O) groups excluding carboxylic acids is 1. The first kappa shape index (κ1) is 11.0. The molecule has 4 nitrogen and oxygen atoms in total. The molecule has 0 radical (unpaired) electrons. The predicted molar refractivity (Wildman–Crippen MR) is 51.8 cm³/mol. The van der Waals surface area contributed by atoms with E-state index >= 15 is 0 Å². The van der Waals surface area contributed by atoms with Crippen molar-refractivity contribution in [1.82, 2.24) is 5.32 Å². The first-order valence-electron chi connectivity index (χ1n) is 5.05. The van der Waals surface area contributed by atoms with Gasteiger partial charge in [0, 0.05) is 6.42 Å². The Morgan fingerprint density at radius 1 is 1.50 bits per heavy atom. The van der Waals surface area contributed by atoms with Gasteiger partial charge in [-0.3, -0.25) is 4.79 Å². The van der Waals surface area contributed by atoms with Gasteiger partial charge in [-0.25, -0.2) is 4.79 Å². The second kappa shape index (κ2) is 3.98. The Labute approximate surface area is 83.7 Å². The van der Waals surface area contributed by atoms with E-state index in [4.69, 9.17) is 5.11 Å². The van der Waals surface area contributed by atoms with Crippen LogP contribution in [0.4, 0.5) is 0 Å². The number of carboxylic acids is 1. The predicted octanol–water partition coefficient (Wildman–Crippen LogP) is 1.16. The molecule has 4 heteroatoms. The van der Waals surface area contributed by atoms with Gasteiger partial charge in [0.1, 0.15) is 5.54 Å². The smallest absolute Gasteiger partial charge is 0.329 e. The zero-order chi connectivity index (χ0) is 10.8. The number of aliphatic carboxylic acids is 1. The molecule has 0 saturated heterocycles. The van der Waals surface area contributed by atoms with Crippen LogP contribution in [0, 0.1) is 5.92 Å². The minimum Gasteiger partial charge on any atom is -0.480 e. The largest absolute Gasteiger partial charge is 0.480 e. The van der Waals surface area contributed by atoms with Crippen LogP contribution in [0.25, 0.3) is 0 Å². The van der Waals surface area contributed by atoms with E-state index in [2.05, 4.69) is 5.32 Å². The summed E-state index contributed by atoms with van der Waals surface area (Å²) in [5, 5.41) is 11.7. The van der Waals surface area contributed by atoms with E-state index in [-0.39, 0.29) is 11.8 Å². The van der Waals surface area contributed by atoms with Crippen molar-refractivity contribution in [2.75, 3.05) is 0 Å². The molecule has 1 aliphatic carbocycles. The second-order valence-corrected chi connectivity index (χ2v) is 4.08. The van der Waals surface area contributed by atoms with Crippen LogP contribution in [0.5, 0.6) is 0 Å². The summed E-state index contributed by atoms with van der Waals surface area (Å²) in [7, 11) is 0. The fourth-order valence-corrected chi connectivity index (χ4v) is 1.57. The summed E-state index contributed by atoms with van der Waals surface area (Å²) in [5.41, 5.74) is -1.05. The third-order valence-electron chi connectivity index (χ3n) is 2.71. The van der Waals surface area contributed by atoms with Crippen molar-refractivity contribution in [3.63, 3.8) is 0 Å². The van der Waals surface area contributed by atoms with E-state index in [0.29, 0.717) is 6.42 Å². The van der Waals surface area contributed by atoms with Crippen molar-refractivity contribution >= 4 is 11.9 Å². The van der Waals surface area contributed by atoms with E-state index in [1.807, 2.05) is 6.92 Å². The lowest BCUT2D eigenvalue weighted by Gasteiger charge is -2.25. The maximum Gasteiger partial charge on any atom is 0.329 e. The average Bonchev–Trinajstić information content (AvgIpc) is 2.85. The maximum absolute atomic E-state index is 11.3. The Morgan fingerprint density at radius 2 is 2.07 bits per heavy atom. The average molecular weight is 199 g/mol. The van der Waals surface area contributed by atoms with Crippen molar-refractivity contribution in [3.8, 4) is 0 Å². The summed E-state index contributed by atoms with van der Waals surface area (Å²) in [4.78, 5) is 22.3. The van der Waals surface area contributed by atoms with E-state index < -0.39 is 11.5 Å². The summed E-state index contributed by atoms with van der Waals surface area (Å²) in [6.45, 7) is 3.50. The van der Waals surface area contributed by atoms with Gasteiger partial charge in [0.15, 0.2) is 0 Å². The number of carbonyl (C=O) groups is 2. The van der Waals surface area contributed by atoms with Crippen LogP contribution < -0.4 is 5.32 Å². The fourth-order valence-electron chi connectivity index (χ4n) is 1.57. The number of hydrogen-bond donors (Lipinski definition) is 2. The molecule has 1 rings (SSSR count). The Balaban J connectivity index is 2.59. The molecule has 1 unspecified atom stereocenters. The molecule has 1 aliphatic rings. The Hall–Kier alpha value is -1.06. The summed E-state index contributed by atoms with van der Waals surface area (Å²) in [6, 6.07) is 0. The van der Waals surface area contributed by atoms with E-state index in [0.717, 1.165) is 19.3 Å². The van der Waals surface area contributed by atoms with Crippen molar-refractivity contribution < 1.29 is 14.7 Å². The molecule has 0 aromatic carbocycles. The van der Waals surface area contributed by atoms with Gasteiger partial charge in [-0.15, -0.1) is 0 Å². The van der Waals surface area contributed by atoms with Gasteiger partial charge in [0.05, 0.1) is 0 Å². The fraction of sp³-hybridized carbons (Fsp3) is 0.800.